The second-order valence-electron chi connectivity index (χ2n) is 8.01. The Morgan fingerprint density at radius 3 is 2.53 bits per heavy atom. The highest BCUT2D eigenvalue weighted by Gasteiger charge is 2.17. The highest BCUT2D eigenvalue weighted by atomic mass is 16.5. The van der Waals surface area contributed by atoms with Crippen LogP contribution in [0.25, 0.3) is 22.3 Å². The molecule has 0 fully saturated rings. The molecule has 1 N–H and O–H groups in total. The van der Waals surface area contributed by atoms with Crippen molar-refractivity contribution in [3.05, 3.63) is 41.7 Å². The summed E-state index contributed by atoms with van der Waals surface area (Å²) in [6, 6.07) is 8.77. The number of nitrogens with one attached hydrogen (secondary N) is 1. The van der Waals surface area contributed by atoms with E-state index in [0.717, 1.165) is 40.2 Å². The number of hydrogen-bond acceptors (Lipinski definition) is 5. The fraction of sp³-hybridized carbons (Fsp3) is 0.500. The Labute approximate surface area is 179 Å². The molecule has 6 nitrogen and oxygen atoms in total. The number of aryl methyl sites for hydroxylation is 1. The summed E-state index contributed by atoms with van der Waals surface area (Å²) in [5.74, 6) is 1.22. The van der Waals surface area contributed by atoms with Crippen LogP contribution < -0.4 is 5.32 Å². The van der Waals surface area contributed by atoms with Gasteiger partial charge in [0.15, 0.2) is 0 Å². The van der Waals surface area contributed by atoms with E-state index in [9.17, 15) is 0 Å². The molecule has 0 bridgehead atoms. The lowest BCUT2D eigenvalue weighted by Crippen LogP contribution is -2.13. The molecule has 3 heterocycles. The Hall–Kier alpha value is -2.44. The summed E-state index contributed by atoms with van der Waals surface area (Å²) in [6.45, 7) is 10.6. The van der Waals surface area contributed by atoms with Gasteiger partial charge in [0, 0.05) is 38.2 Å². The molecule has 0 aromatic carbocycles. The summed E-state index contributed by atoms with van der Waals surface area (Å²) in [7, 11) is 3.46. The molecule has 6 heteroatoms. The van der Waals surface area contributed by atoms with Crippen molar-refractivity contribution >= 4 is 16.9 Å². The molecular weight excluding hydrogens is 376 g/mol. The third kappa shape index (κ3) is 4.65. The van der Waals surface area contributed by atoms with Crippen molar-refractivity contribution in [2.45, 2.75) is 46.1 Å². The van der Waals surface area contributed by atoms with Gasteiger partial charge in [-0.2, -0.15) is 0 Å². The third-order valence-corrected chi connectivity index (χ3v) is 5.46. The molecule has 0 aliphatic carbocycles. The number of rotatable bonds is 10. The van der Waals surface area contributed by atoms with Crippen LogP contribution in [0, 0.1) is 6.92 Å². The van der Waals surface area contributed by atoms with Crippen molar-refractivity contribution in [3.63, 3.8) is 0 Å². The number of hydrogen-bond donors (Lipinski definition) is 1. The predicted octanol–water partition coefficient (Wildman–Crippen LogP) is 5.19. The first-order valence-electron chi connectivity index (χ1n) is 10.7. The zero-order valence-corrected chi connectivity index (χ0v) is 19.0. The van der Waals surface area contributed by atoms with Crippen molar-refractivity contribution in [1.82, 2.24) is 14.5 Å². The van der Waals surface area contributed by atoms with E-state index in [2.05, 4.69) is 68.0 Å². The van der Waals surface area contributed by atoms with Crippen LogP contribution in [-0.2, 0) is 9.47 Å². The maximum absolute atomic E-state index is 5.43. The minimum atomic E-state index is 0.303. The van der Waals surface area contributed by atoms with Crippen LogP contribution in [0.4, 0.5) is 5.82 Å². The predicted molar refractivity (Wildman–Crippen MR) is 123 cm³/mol. The van der Waals surface area contributed by atoms with Crippen molar-refractivity contribution in [2.24, 2.45) is 0 Å². The lowest BCUT2D eigenvalue weighted by molar-refractivity contribution is 0.155. The van der Waals surface area contributed by atoms with Crippen LogP contribution in [0.3, 0.4) is 0 Å². The van der Waals surface area contributed by atoms with Gasteiger partial charge in [-0.3, -0.25) is 0 Å². The molecule has 0 saturated carbocycles. The van der Waals surface area contributed by atoms with Gasteiger partial charge in [-0.25, -0.2) is 9.97 Å². The summed E-state index contributed by atoms with van der Waals surface area (Å²) >= 11 is 0. The minimum Gasteiger partial charge on any atom is -0.383 e. The van der Waals surface area contributed by atoms with Gasteiger partial charge >= 0.3 is 0 Å². The van der Waals surface area contributed by atoms with E-state index >= 15 is 0 Å². The standard InChI is InChI=1S/C24H34N4O2/c1-7-18(15-30-6)28-14-17(4)23-22(28)11-10-21(26-23)19-8-9-20(16(2)3)27-24(19)25-12-13-29-5/h8-11,14,16,18H,7,12-13,15H2,1-6H3,(H,25,27). The van der Waals surface area contributed by atoms with Crippen molar-refractivity contribution in [1.29, 1.82) is 0 Å². The van der Waals surface area contributed by atoms with Crippen molar-refractivity contribution in [3.8, 4) is 11.3 Å². The Morgan fingerprint density at radius 1 is 1.07 bits per heavy atom. The van der Waals surface area contributed by atoms with Gasteiger partial charge in [0.25, 0.3) is 0 Å². The highest BCUT2D eigenvalue weighted by molar-refractivity contribution is 5.84. The van der Waals surface area contributed by atoms with Gasteiger partial charge in [-0.1, -0.05) is 20.8 Å². The lowest BCUT2D eigenvalue weighted by atomic mass is 10.1. The van der Waals surface area contributed by atoms with Gasteiger partial charge in [-0.05, 0) is 49.1 Å². The van der Waals surface area contributed by atoms with E-state index in [-0.39, 0.29) is 0 Å². The normalized spacial score (nSPS) is 12.6. The number of pyridine rings is 2. The molecule has 0 radical (unpaired) electrons. The SMILES string of the molecule is CCC(COC)n1cc(C)c2nc(-c3ccc(C(C)C)nc3NCCOC)ccc21. The number of methoxy groups -OCH3 is 2. The number of fused-ring (bicyclic) bond motifs is 1. The third-order valence-electron chi connectivity index (χ3n) is 5.46. The van der Waals surface area contributed by atoms with Gasteiger partial charge in [0.1, 0.15) is 5.82 Å². The molecule has 3 aromatic rings. The summed E-state index contributed by atoms with van der Waals surface area (Å²) in [5, 5.41) is 3.42. The number of anilines is 1. The van der Waals surface area contributed by atoms with Crippen LogP contribution in [0.1, 0.15) is 50.4 Å². The fourth-order valence-electron chi connectivity index (χ4n) is 3.74. The van der Waals surface area contributed by atoms with E-state index in [1.54, 1.807) is 14.2 Å². The molecular formula is C24H34N4O2. The van der Waals surface area contributed by atoms with Crippen molar-refractivity contribution < 1.29 is 9.47 Å². The molecule has 3 aromatic heterocycles. The van der Waals surface area contributed by atoms with Crippen LogP contribution in [0.2, 0.25) is 0 Å². The summed E-state index contributed by atoms with van der Waals surface area (Å²) < 4.78 is 12.9. The molecule has 0 amide bonds. The zero-order valence-electron chi connectivity index (χ0n) is 19.0. The average molecular weight is 411 g/mol. The van der Waals surface area contributed by atoms with Crippen LogP contribution >= 0.6 is 0 Å². The smallest absolute Gasteiger partial charge is 0.135 e. The number of ether oxygens (including phenoxy) is 2. The molecule has 0 spiro atoms. The Kier molecular flexibility index (Phi) is 7.45. The average Bonchev–Trinajstić information content (AvgIpc) is 3.07. The van der Waals surface area contributed by atoms with E-state index in [1.165, 1.54) is 5.56 Å². The van der Waals surface area contributed by atoms with Crippen LogP contribution in [0.15, 0.2) is 30.5 Å². The van der Waals surface area contributed by atoms with Gasteiger partial charge in [0.05, 0.1) is 36.0 Å². The van der Waals surface area contributed by atoms with E-state index < -0.39 is 0 Å². The molecule has 0 aliphatic rings. The quantitative estimate of drug-likeness (QED) is 0.466. The monoisotopic (exact) mass is 410 g/mol. The molecule has 162 valence electrons. The van der Waals surface area contributed by atoms with Crippen LogP contribution in [-0.4, -0.2) is 48.5 Å². The summed E-state index contributed by atoms with van der Waals surface area (Å²) in [5.41, 5.74) is 6.33. The van der Waals surface area contributed by atoms with Gasteiger partial charge in [0.2, 0.25) is 0 Å². The Morgan fingerprint density at radius 2 is 1.87 bits per heavy atom. The molecule has 30 heavy (non-hydrogen) atoms. The van der Waals surface area contributed by atoms with Crippen molar-refractivity contribution in [2.75, 3.05) is 39.3 Å². The first-order valence-corrected chi connectivity index (χ1v) is 10.7. The first-order chi connectivity index (χ1) is 14.5. The maximum atomic E-state index is 5.43. The van der Waals surface area contributed by atoms with Gasteiger partial charge < -0.3 is 19.4 Å². The number of aromatic nitrogens is 3. The second kappa shape index (κ2) is 10.0. The fourth-order valence-corrected chi connectivity index (χ4v) is 3.74. The maximum Gasteiger partial charge on any atom is 0.135 e. The zero-order chi connectivity index (χ0) is 21.7. The topological polar surface area (TPSA) is 61.2 Å². The molecule has 1 unspecified atom stereocenters. The largest absolute Gasteiger partial charge is 0.383 e. The van der Waals surface area contributed by atoms with Crippen LogP contribution in [0.5, 0.6) is 0 Å². The van der Waals surface area contributed by atoms with E-state index in [1.807, 2.05) is 0 Å². The highest BCUT2D eigenvalue weighted by Crippen LogP contribution is 2.31. The van der Waals surface area contributed by atoms with E-state index in [4.69, 9.17) is 19.4 Å². The lowest BCUT2D eigenvalue weighted by Gasteiger charge is -2.17. The Balaban J connectivity index is 2.05. The number of nitrogens with zero attached hydrogens (tertiary/aromatic N) is 3. The van der Waals surface area contributed by atoms with Gasteiger partial charge in [-0.15, -0.1) is 0 Å². The molecule has 1 atom stereocenters. The minimum absolute atomic E-state index is 0.303. The molecule has 3 rings (SSSR count). The van der Waals surface area contributed by atoms with E-state index in [0.29, 0.717) is 31.7 Å². The molecule has 0 saturated heterocycles. The second-order valence-corrected chi connectivity index (χ2v) is 8.01. The first kappa shape index (κ1) is 22.2. The summed E-state index contributed by atoms with van der Waals surface area (Å²) in [6.07, 6.45) is 3.19. The molecule has 0 aliphatic heterocycles. The Bertz CT molecular complexity index is 981. The summed E-state index contributed by atoms with van der Waals surface area (Å²) in [4.78, 5) is 9.90.